The van der Waals surface area contributed by atoms with Crippen LogP contribution in [0, 0.1) is 5.92 Å². The first kappa shape index (κ1) is 19.9. The molecule has 1 aromatic carbocycles. The van der Waals surface area contributed by atoms with Crippen LogP contribution in [0.3, 0.4) is 0 Å². The van der Waals surface area contributed by atoms with Gasteiger partial charge in [-0.15, -0.1) is 12.4 Å². The van der Waals surface area contributed by atoms with Gasteiger partial charge in [-0.05, 0) is 44.2 Å². The van der Waals surface area contributed by atoms with E-state index in [4.69, 9.17) is 5.73 Å². The van der Waals surface area contributed by atoms with Crippen molar-refractivity contribution in [2.45, 2.75) is 52.5 Å². The molecule has 1 aromatic rings. The van der Waals surface area contributed by atoms with Crippen LogP contribution in [0.1, 0.15) is 51.7 Å². The van der Waals surface area contributed by atoms with Crippen LogP contribution in [0.5, 0.6) is 0 Å². The van der Waals surface area contributed by atoms with Crippen molar-refractivity contribution in [2.75, 3.05) is 6.54 Å². The van der Waals surface area contributed by atoms with Crippen LogP contribution in [0.2, 0.25) is 0 Å². The number of hydrogen-bond donors (Lipinski definition) is 2. The first-order valence-electron chi connectivity index (χ1n) is 7.34. The molecule has 0 bridgehead atoms. The summed E-state index contributed by atoms with van der Waals surface area (Å²) in [6.45, 7) is 10.6. The van der Waals surface area contributed by atoms with Gasteiger partial charge in [0.1, 0.15) is 0 Å². The number of rotatable bonds is 6. The van der Waals surface area contributed by atoms with Crippen LogP contribution >= 0.6 is 12.4 Å². The number of nitrogens with one attached hydrogen (secondary N) is 1. The Morgan fingerprint density at radius 1 is 1.19 bits per heavy atom. The van der Waals surface area contributed by atoms with Gasteiger partial charge in [-0.1, -0.05) is 38.1 Å². The molecule has 4 heteroatoms. The molecule has 0 fully saturated rings. The Balaban J connectivity index is 0.00000400. The monoisotopic (exact) mass is 312 g/mol. The summed E-state index contributed by atoms with van der Waals surface area (Å²) in [6, 6.07) is 8.34. The van der Waals surface area contributed by atoms with Crippen molar-refractivity contribution >= 4 is 18.3 Å². The molecule has 0 saturated heterocycles. The molecule has 0 aliphatic heterocycles. The minimum atomic E-state index is -0.378. The van der Waals surface area contributed by atoms with E-state index in [0.29, 0.717) is 12.5 Å². The average Bonchev–Trinajstić information content (AvgIpc) is 2.34. The highest BCUT2D eigenvalue weighted by molar-refractivity contribution is 5.85. The highest BCUT2D eigenvalue weighted by Gasteiger charge is 2.18. The first-order valence-corrected chi connectivity index (χ1v) is 7.34. The van der Waals surface area contributed by atoms with Crippen molar-refractivity contribution in [1.29, 1.82) is 0 Å². The number of hydrogen-bond acceptors (Lipinski definition) is 2. The molecule has 21 heavy (non-hydrogen) atoms. The molecule has 0 radical (unpaired) electrons. The van der Waals surface area contributed by atoms with Crippen LogP contribution in [0.4, 0.5) is 0 Å². The van der Waals surface area contributed by atoms with Gasteiger partial charge in [-0.25, -0.2) is 0 Å². The number of nitrogens with two attached hydrogens (primary N) is 1. The van der Waals surface area contributed by atoms with Crippen molar-refractivity contribution in [3.63, 3.8) is 0 Å². The zero-order valence-electron chi connectivity index (χ0n) is 13.8. The lowest BCUT2D eigenvalue weighted by Crippen LogP contribution is -2.46. The molecule has 3 N–H and O–H groups in total. The summed E-state index contributed by atoms with van der Waals surface area (Å²) in [6.07, 6.45) is 1.07. The maximum absolute atomic E-state index is 12.1. The second-order valence-corrected chi connectivity index (χ2v) is 6.77. The maximum atomic E-state index is 12.1. The lowest BCUT2D eigenvalue weighted by atomic mass is 9.96. The molecule has 3 nitrogen and oxygen atoms in total. The lowest BCUT2D eigenvalue weighted by molar-refractivity contribution is -0.122. The lowest BCUT2D eigenvalue weighted by Gasteiger charge is -2.21. The third kappa shape index (κ3) is 7.49. The summed E-state index contributed by atoms with van der Waals surface area (Å²) in [7, 11) is 0. The Hall–Kier alpha value is -1.06. The van der Waals surface area contributed by atoms with Gasteiger partial charge in [0, 0.05) is 12.1 Å². The Kier molecular flexibility index (Phi) is 7.98. The summed E-state index contributed by atoms with van der Waals surface area (Å²) >= 11 is 0. The normalized spacial score (nSPS) is 12.7. The number of amides is 1. The Bertz CT molecular complexity index is 435. The Morgan fingerprint density at radius 2 is 1.71 bits per heavy atom. The minimum absolute atomic E-state index is 0. The van der Waals surface area contributed by atoms with Crippen molar-refractivity contribution < 1.29 is 4.79 Å². The van der Waals surface area contributed by atoms with Crippen LogP contribution < -0.4 is 11.1 Å². The first-order chi connectivity index (χ1) is 9.19. The van der Waals surface area contributed by atoms with Gasteiger partial charge < -0.3 is 11.1 Å². The van der Waals surface area contributed by atoms with Gasteiger partial charge in [0.15, 0.2) is 0 Å². The molecule has 0 unspecified atom stereocenters. The van der Waals surface area contributed by atoms with E-state index in [1.807, 2.05) is 20.8 Å². The minimum Gasteiger partial charge on any atom is -0.354 e. The van der Waals surface area contributed by atoms with Crippen molar-refractivity contribution in [3.05, 3.63) is 35.4 Å². The predicted molar refractivity (Wildman–Crippen MR) is 91.9 cm³/mol. The van der Waals surface area contributed by atoms with E-state index >= 15 is 0 Å². The average molecular weight is 313 g/mol. The molecule has 120 valence electrons. The van der Waals surface area contributed by atoms with Crippen LogP contribution in [-0.4, -0.2) is 18.0 Å². The van der Waals surface area contributed by atoms with Crippen molar-refractivity contribution in [3.8, 4) is 0 Å². The fourth-order valence-corrected chi connectivity index (χ4v) is 2.03. The smallest absolute Gasteiger partial charge is 0.227 e. The fourth-order valence-electron chi connectivity index (χ4n) is 2.03. The molecule has 0 aliphatic rings. The van der Waals surface area contributed by atoms with Gasteiger partial charge in [0.05, 0.1) is 5.92 Å². The van der Waals surface area contributed by atoms with Crippen LogP contribution in [0.15, 0.2) is 24.3 Å². The summed E-state index contributed by atoms with van der Waals surface area (Å²) in [5, 5.41) is 2.90. The van der Waals surface area contributed by atoms with E-state index < -0.39 is 0 Å². The van der Waals surface area contributed by atoms with E-state index in [-0.39, 0.29) is 29.8 Å². The van der Waals surface area contributed by atoms with E-state index in [1.54, 1.807) is 0 Å². The number of benzene rings is 1. The molecule has 0 heterocycles. The van der Waals surface area contributed by atoms with E-state index in [9.17, 15) is 4.79 Å². The highest BCUT2D eigenvalue weighted by atomic mass is 35.5. The molecular formula is C17H29ClN2O. The second kappa shape index (κ2) is 8.40. The zero-order valence-corrected chi connectivity index (χ0v) is 14.6. The molecule has 1 rings (SSSR count). The largest absolute Gasteiger partial charge is 0.354 e. The van der Waals surface area contributed by atoms with Crippen LogP contribution in [0.25, 0.3) is 0 Å². The van der Waals surface area contributed by atoms with Crippen LogP contribution in [-0.2, 0) is 11.2 Å². The summed E-state index contributed by atoms with van der Waals surface area (Å²) in [4.78, 5) is 12.1. The van der Waals surface area contributed by atoms with Gasteiger partial charge in [-0.3, -0.25) is 4.79 Å². The predicted octanol–water partition coefficient (Wildman–Crippen LogP) is 3.26. The van der Waals surface area contributed by atoms with E-state index in [2.05, 4.69) is 43.4 Å². The fraction of sp³-hybridized carbons (Fsp3) is 0.588. The maximum Gasteiger partial charge on any atom is 0.227 e. The third-order valence-electron chi connectivity index (χ3n) is 3.24. The van der Waals surface area contributed by atoms with E-state index in [0.717, 1.165) is 12.0 Å². The summed E-state index contributed by atoms with van der Waals surface area (Å²) in [5.41, 5.74) is 7.86. The number of carbonyl (C=O) groups excluding carboxylic acids is 1. The number of halogens is 1. The quantitative estimate of drug-likeness (QED) is 0.847. The Labute approximate surface area is 135 Å². The highest BCUT2D eigenvalue weighted by Crippen LogP contribution is 2.17. The number of carbonyl (C=O) groups is 1. The van der Waals surface area contributed by atoms with Gasteiger partial charge in [-0.2, -0.15) is 0 Å². The summed E-state index contributed by atoms with van der Waals surface area (Å²) < 4.78 is 0. The third-order valence-corrected chi connectivity index (χ3v) is 3.24. The topological polar surface area (TPSA) is 55.1 Å². The standard InChI is InChI=1S/C17H28N2O.ClH/c1-12(2)10-14-6-8-15(9-7-14)13(3)16(20)19-11-17(4,5)18;/h6-9,12-13H,10-11,18H2,1-5H3,(H,19,20);1H/t13-;/m1./s1. The van der Waals surface area contributed by atoms with Gasteiger partial charge in [0.2, 0.25) is 5.91 Å². The molecule has 1 atom stereocenters. The molecule has 0 spiro atoms. The molecule has 0 saturated carbocycles. The zero-order chi connectivity index (χ0) is 15.3. The second-order valence-electron chi connectivity index (χ2n) is 6.77. The van der Waals surface area contributed by atoms with Crippen molar-refractivity contribution in [2.24, 2.45) is 11.7 Å². The van der Waals surface area contributed by atoms with E-state index in [1.165, 1.54) is 5.56 Å². The molecule has 0 aliphatic carbocycles. The van der Waals surface area contributed by atoms with Gasteiger partial charge >= 0.3 is 0 Å². The Morgan fingerprint density at radius 3 is 2.14 bits per heavy atom. The van der Waals surface area contributed by atoms with Crippen molar-refractivity contribution in [1.82, 2.24) is 5.32 Å². The molecular weight excluding hydrogens is 284 g/mol. The SMILES string of the molecule is CC(C)Cc1ccc([C@@H](C)C(=O)NCC(C)(C)N)cc1.Cl. The van der Waals surface area contributed by atoms with Gasteiger partial charge in [0.25, 0.3) is 0 Å². The molecule has 0 aromatic heterocycles. The molecule has 1 amide bonds. The summed E-state index contributed by atoms with van der Waals surface area (Å²) in [5.74, 6) is 0.527.